The smallest absolute Gasteiger partial charge is 0.275 e. The van der Waals surface area contributed by atoms with E-state index in [2.05, 4.69) is 17.2 Å². The first-order valence-electron chi connectivity index (χ1n) is 14.3. The first-order chi connectivity index (χ1) is 20.2. The fourth-order valence-corrected chi connectivity index (χ4v) is 10.6. The van der Waals surface area contributed by atoms with E-state index in [9.17, 15) is 24.9 Å². The summed E-state index contributed by atoms with van der Waals surface area (Å²) < 4.78 is 8.76. The third-order valence-electron chi connectivity index (χ3n) is 7.92. The number of aromatic nitrogens is 4. The number of hydrogen-bond acceptors (Lipinski definition) is 8. The van der Waals surface area contributed by atoms with Gasteiger partial charge in [0.05, 0.1) is 12.9 Å². The lowest BCUT2D eigenvalue weighted by atomic mass is 10.1. The van der Waals surface area contributed by atoms with Gasteiger partial charge < -0.3 is 20.1 Å². The SMILES string of the molecule is CCCC[Si](c1ccccc1)(c1ccccc1)n1c(NC(=O)C(C)C)nc2c(ncn2[C@@H]2O[C@H](CO)[C@@H](O)[C@H]2O)c1=O. The van der Waals surface area contributed by atoms with Crippen molar-refractivity contribution in [3.05, 3.63) is 77.3 Å². The fourth-order valence-electron chi connectivity index (χ4n) is 5.64. The maximum Gasteiger partial charge on any atom is 0.275 e. The highest BCUT2D eigenvalue weighted by Crippen LogP contribution is 2.31. The molecule has 4 N–H and O–H groups in total. The summed E-state index contributed by atoms with van der Waals surface area (Å²) in [6.07, 6.45) is -1.86. The van der Waals surface area contributed by atoms with Crippen LogP contribution < -0.4 is 21.2 Å². The van der Waals surface area contributed by atoms with Gasteiger partial charge in [0.1, 0.15) is 18.3 Å². The second-order valence-corrected chi connectivity index (χ2v) is 14.8. The third-order valence-corrected chi connectivity index (χ3v) is 12.8. The average Bonchev–Trinajstić information content (AvgIpc) is 3.55. The summed E-state index contributed by atoms with van der Waals surface area (Å²) in [7, 11) is -3.19. The number of nitrogens with one attached hydrogen (secondary N) is 1. The molecule has 4 atom stereocenters. The lowest BCUT2D eigenvalue weighted by Crippen LogP contribution is -2.67. The molecule has 0 bridgehead atoms. The first-order valence-corrected chi connectivity index (χ1v) is 16.4. The zero-order chi connectivity index (χ0) is 30.0. The number of rotatable bonds is 10. The van der Waals surface area contributed by atoms with Crippen LogP contribution in [0.2, 0.25) is 6.04 Å². The predicted molar refractivity (Wildman–Crippen MR) is 161 cm³/mol. The number of aliphatic hydroxyl groups is 3. The van der Waals surface area contributed by atoms with E-state index in [1.165, 1.54) is 10.9 Å². The summed E-state index contributed by atoms with van der Waals surface area (Å²) in [5.41, 5.74) is -0.305. The van der Waals surface area contributed by atoms with Crippen molar-refractivity contribution in [2.45, 2.75) is 64.2 Å². The Kier molecular flexibility index (Phi) is 8.71. The minimum absolute atomic E-state index is 0.0375. The Morgan fingerprint density at radius 1 is 1.05 bits per heavy atom. The van der Waals surface area contributed by atoms with Crippen molar-refractivity contribution in [2.24, 2.45) is 5.92 Å². The quantitative estimate of drug-likeness (QED) is 0.201. The van der Waals surface area contributed by atoms with E-state index in [4.69, 9.17) is 9.72 Å². The maximum atomic E-state index is 14.7. The number of ether oxygens (including phenoxy) is 1. The van der Waals surface area contributed by atoms with Crippen LogP contribution in [-0.2, 0) is 9.53 Å². The lowest BCUT2D eigenvalue weighted by molar-refractivity contribution is -0.118. The Bertz CT molecular complexity index is 1550. The van der Waals surface area contributed by atoms with Gasteiger partial charge in [-0.05, 0) is 16.4 Å². The van der Waals surface area contributed by atoms with Crippen LogP contribution in [0.5, 0.6) is 0 Å². The van der Waals surface area contributed by atoms with Crippen molar-refractivity contribution in [2.75, 3.05) is 11.9 Å². The molecule has 0 radical (unpaired) electrons. The predicted octanol–water partition coefficient (Wildman–Crippen LogP) is 1.21. The second kappa shape index (κ2) is 12.3. The number of fused-ring (bicyclic) bond motifs is 1. The van der Waals surface area contributed by atoms with Crippen LogP contribution in [-0.4, -0.2) is 73.1 Å². The Hall–Kier alpha value is -3.68. The van der Waals surface area contributed by atoms with Crippen molar-refractivity contribution >= 4 is 41.6 Å². The fraction of sp³-hybridized carbons (Fsp3) is 0.400. The van der Waals surface area contributed by atoms with Gasteiger partial charge in [-0.1, -0.05) is 94.3 Å². The number of nitrogens with zero attached hydrogens (tertiary/aromatic N) is 4. The number of carbonyl (C=O) groups excluding carboxylic acids is 1. The topological polar surface area (TPSA) is 152 Å². The zero-order valence-electron chi connectivity index (χ0n) is 23.9. The molecule has 0 aliphatic carbocycles. The molecule has 2 aromatic heterocycles. The Morgan fingerprint density at radius 3 is 2.19 bits per heavy atom. The normalized spacial score (nSPS) is 20.8. The minimum Gasteiger partial charge on any atom is -0.394 e. The third kappa shape index (κ3) is 5.09. The molecule has 0 unspecified atom stereocenters. The van der Waals surface area contributed by atoms with Crippen molar-refractivity contribution in [3.63, 3.8) is 0 Å². The van der Waals surface area contributed by atoms with E-state index >= 15 is 0 Å². The van der Waals surface area contributed by atoms with Gasteiger partial charge in [-0.15, -0.1) is 0 Å². The largest absolute Gasteiger partial charge is 0.394 e. The summed E-state index contributed by atoms with van der Waals surface area (Å²) in [4.78, 5) is 37.1. The molecule has 1 fully saturated rings. The van der Waals surface area contributed by atoms with Crippen molar-refractivity contribution in [3.8, 4) is 0 Å². The van der Waals surface area contributed by atoms with E-state index in [1.807, 2.05) is 60.7 Å². The van der Waals surface area contributed by atoms with Gasteiger partial charge in [0.25, 0.3) is 5.56 Å². The van der Waals surface area contributed by atoms with E-state index in [1.54, 1.807) is 18.1 Å². The van der Waals surface area contributed by atoms with Gasteiger partial charge in [-0.3, -0.25) is 23.7 Å². The highest BCUT2D eigenvalue weighted by molar-refractivity contribution is 7.01. The summed E-state index contributed by atoms with van der Waals surface area (Å²) in [5, 5.41) is 35.6. The number of hydrogen-bond donors (Lipinski definition) is 4. The number of amides is 1. The van der Waals surface area contributed by atoms with Crippen LogP contribution in [0, 0.1) is 5.92 Å². The van der Waals surface area contributed by atoms with Gasteiger partial charge in [-0.25, -0.2) is 4.98 Å². The van der Waals surface area contributed by atoms with E-state index in [0.717, 1.165) is 23.2 Å². The maximum absolute atomic E-state index is 14.7. The molecule has 12 heteroatoms. The zero-order valence-corrected chi connectivity index (χ0v) is 24.9. The van der Waals surface area contributed by atoms with Gasteiger partial charge in [0, 0.05) is 5.92 Å². The van der Waals surface area contributed by atoms with Gasteiger partial charge in [-0.2, -0.15) is 4.98 Å². The molecule has 1 aliphatic heterocycles. The van der Waals surface area contributed by atoms with E-state index < -0.39 is 50.9 Å². The molecular weight excluding hydrogens is 554 g/mol. The van der Waals surface area contributed by atoms with Crippen LogP contribution >= 0.6 is 0 Å². The highest BCUT2D eigenvalue weighted by Gasteiger charge is 2.46. The molecule has 0 spiro atoms. The molecule has 2 aromatic carbocycles. The molecule has 1 saturated heterocycles. The number of aliphatic hydroxyl groups excluding tert-OH is 3. The molecule has 4 aromatic rings. The summed E-state index contributed by atoms with van der Waals surface area (Å²) in [5.74, 6) is -0.625. The Labute approximate surface area is 244 Å². The minimum atomic E-state index is -3.19. The summed E-state index contributed by atoms with van der Waals surface area (Å²) >= 11 is 0. The Balaban J connectivity index is 1.84. The van der Waals surface area contributed by atoms with Gasteiger partial charge in [0.15, 0.2) is 17.4 Å². The van der Waals surface area contributed by atoms with Crippen molar-refractivity contribution in [1.82, 2.24) is 18.8 Å². The number of carbonyl (C=O) groups is 1. The summed E-state index contributed by atoms with van der Waals surface area (Å²) in [6, 6.07) is 20.4. The monoisotopic (exact) mass is 591 g/mol. The molecule has 1 aliphatic rings. The van der Waals surface area contributed by atoms with Crippen molar-refractivity contribution in [1.29, 1.82) is 0 Å². The first kappa shape index (κ1) is 29.8. The molecule has 222 valence electrons. The van der Waals surface area contributed by atoms with Gasteiger partial charge in [0.2, 0.25) is 20.1 Å². The number of benzene rings is 2. The Morgan fingerprint density at radius 2 is 1.67 bits per heavy atom. The van der Waals surface area contributed by atoms with Crippen LogP contribution in [0.4, 0.5) is 5.95 Å². The molecule has 3 heterocycles. The number of anilines is 1. The van der Waals surface area contributed by atoms with E-state index in [-0.39, 0.29) is 23.0 Å². The number of unbranched alkanes of at least 4 members (excludes halogenated alkanes) is 1. The van der Waals surface area contributed by atoms with Crippen LogP contribution in [0.15, 0.2) is 71.8 Å². The van der Waals surface area contributed by atoms with Gasteiger partial charge >= 0.3 is 0 Å². The molecular formula is C30H37N5O6Si. The highest BCUT2D eigenvalue weighted by atomic mass is 28.3. The average molecular weight is 592 g/mol. The second-order valence-electron chi connectivity index (χ2n) is 11.0. The molecule has 42 heavy (non-hydrogen) atoms. The molecule has 5 rings (SSSR count). The van der Waals surface area contributed by atoms with Crippen molar-refractivity contribution < 1.29 is 24.9 Å². The van der Waals surface area contributed by atoms with Crippen LogP contribution in [0.3, 0.4) is 0 Å². The summed E-state index contributed by atoms with van der Waals surface area (Å²) in [6.45, 7) is 5.12. The van der Waals surface area contributed by atoms with E-state index in [0.29, 0.717) is 6.04 Å². The standard InChI is InChI=1S/C30H37N5O6Si/c1-4-5-16-42(20-12-8-6-9-13-20,21-14-10-7-11-15-21)35-28(40)23-26(32-30(35)33-27(39)19(2)3)34(18-31-23)29-25(38)24(37)22(17-36)41-29/h6-15,18-19,22,24-25,29,36-38H,4-5,16-17H2,1-3H3,(H,32,33,39)/t22-,24-,25-,29-/m1/s1. The molecule has 1 amide bonds. The molecule has 11 nitrogen and oxygen atoms in total. The molecule has 0 saturated carbocycles. The number of imidazole rings is 1. The lowest BCUT2D eigenvalue weighted by Gasteiger charge is -2.36. The van der Waals surface area contributed by atoms with Crippen LogP contribution in [0.1, 0.15) is 39.8 Å². The van der Waals surface area contributed by atoms with Crippen LogP contribution in [0.25, 0.3) is 11.2 Å².